The van der Waals surface area contributed by atoms with Gasteiger partial charge in [0.2, 0.25) is 0 Å². The Labute approximate surface area is 83.7 Å². The molecule has 0 radical (unpaired) electrons. The van der Waals surface area contributed by atoms with Crippen LogP contribution in [-0.4, -0.2) is 11.5 Å². The molecule has 0 aliphatic carbocycles. The van der Waals surface area contributed by atoms with Crippen molar-refractivity contribution in [3.63, 3.8) is 0 Å². The molecule has 0 aromatic carbocycles. The summed E-state index contributed by atoms with van der Waals surface area (Å²) in [6, 6.07) is 0. The minimum atomic E-state index is 0.936. The van der Waals surface area contributed by atoms with Crippen molar-refractivity contribution in [3.05, 3.63) is 28.7 Å². The average Bonchev–Trinajstić information content (AvgIpc) is 2.60. The van der Waals surface area contributed by atoms with Crippen molar-refractivity contribution in [2.24, 2.45) is 0 Å². The topological polar surface area (TPSA) is 24.9 Å². The second-order valence-corrected chi connectivity index (χ2v) is 4.03. The van der Waals surface area contributed by atoms with E-state index in [0.29, 0.717) is 0 Å². The Bertz CT molecular complexity index is 255. The van der Waals surface area contributed by atoms with E-state index in [2.05, 4.69) is 23.8 Å². The molecule has 0 aliphatic heterocycles. The van der Waals surface area contributed by atoms with E-state index in [1.807, 2.05) is 12.3 Å². The number of hydrogen-bond acceptors (Lipinski definition) is 3. The fourth-order valence-corrected chi connectivity index (χ4v) is 1.84. The van der Waals surface area contributed by atoms with Gasteiger partial charge in [0.1, 0.15) is 0 Å². The minimum absolute atomic E-state index is 0.936. The Hall–Kier alpha value is -0.670. The van der Waals surface area contributed by atoms with Gasteiger partial charge in [0.05, 0.1) is 5.01 Å². The number of hydrogen-bond donors (Lipinski definition) is 1. The summed E-state index contributed by atoms with van der Waals surface area (Å²) in [7, 11) is 0. The number of nitrogens with one attached hydrogen (secondary N) is 1. The summed E-state index contributed by atoms with van der Waals surface area (Å²) in [5.41, 5.74) is 0. The zero-order valence-corrected chi connectivity index (χ0v) is 8.86. The fourth-order valence-electron chi connectivity index (χ4n) is 1.01. The molecule has 72 valence electrons. The Morgan fingerprint density at radius 2 is 2.54 bits per heavy atom. The van der Waals surface area contributed by atoms with Crippen LogP contribution in [0.4, 0.5) is 0 Å². The number of rotatable bonds is 6. The second kappa shape index (κ2) is 5.89. The van der Waals surface area contributed by atoms with Gasteiger partial charge in [-0.15, -0.1) is 17.9 Å². The SMILES string of the molecule is C=CCCNCc1cnc(CC)s1. The molecule has 3 heteroatoms. The Balaban J connectivity index is 2.24. The highest BCUT2D eigenvalue weighted by molar-refractivity contribution is 7.11. The lowest BCUT2D eigenvalue weighted by Crippen LogP contribution is -2.12. The maximum atomic E-state index is 4.29. The molecule has 0 unspecified atom stereocenters. The molecule has 1 aromatic heterocycles. The third-order valence-corrected chi connectivity index (χ3v) is 2.87. The van der Waals surface area contributed by atoms with Crippen molar-refractivity contribution >= 4 is 11.3 Å². The molecule has 13 heavy (non-hydrogen) atoms. The van der Waals surface area contributed by atoms with Gasteiger partial charge in [0, 0.05) is 17.6 Å². The predicted molar refractivity (Wildman–Crippen MR) is 58.0 cm³/mol. The van der Waals surface area contributed by atoms with Gasteiger partial charge in [-0.25, -0.2) is 4.98 Å². The van der Waals surface area contributed by atoms with E-state index >= 15 is 0 Å². The number of thiazole rings is 1. The van der Waals surface area contributed by atoms with Crippen molar-refractivity contribution in [1.29, 1.82) is 0 Å². The first kappa shape index (κ1) is 10.4. The molecule has 0 aliphatic rings. The number of aryl methyl sites for hydroxylation is 1. The largest absolute Gasteiger partial charge is 0.311 e. The predicted octanol–water partition coefficient (Wildman–Crippen LogP) is 2.37. The second-order valence-electron chi connectivity index (χ2n) is 2.83. The summed E-state index contributed by atoms with van der Waals surface area (Å²) < 4.78 is 0. The van der Waals surface area contributed by atoms with E-state index in [-0.39, 0.29) is 0 Å². The average molecular weight is 196 g/mol. The molecule has 0 amide bonds. The van der Waals surface area contributed by atoms with Crippen LogP contribution in [0, 0.1) is 0 Å². The lowest BCUT2D eigenvalue weighted by atomic mass is 10.4. The maximum Gasteiger partial charge on any atom is 0.0925 e. The van der Waals surface area contributed by atoms with Crippen LogP contribution in [0.2, 0.25) is 0 Å². The molecule has 2 nitrogen and oxygen atoms in total. The highest BCUT2D eigenvalue weighted by Gasteiger charge is 1.98. The molecule has 1 N–H and O–H groups in total. The van der Waals surface area contributed by atoms with E-state index in [9.17, 15) is 0 Å². The summed E-state index contributed by atoms with van der Waals surface area (Å²) in [5.74, 6) is 0. The minimum Gasteiger partial charge on any atom is -0.311 e. The summed E-state index contributed by atoms with van der Waals surface area (Å²) >= 11 is 1.79. The summed E-state index contributed by atoms with van der Waals surface area (Å²) in [4.78, 5) is 5.61. The lowest BCUT2D eigenvalue weighted by molar-refractivity contribution is 0.702. The standard InChI is InChI=1S/C10H16N2S/c1-3-5-6-11-7-9-8-12-10(4-2)13-9/h3,8,11H,1,4-7H2,2H3. The van der Waals surface area contributed by atoms with Crippen molar-refractivity contribution < 1.29 is 0 Å². The van der Waals surface area contributed by atoms with E-state index < -0.39 is 0 Å². The summed E-state index contributed by atoms with van der Waals surface area (Å²) in [5, 5.41) is 4.56. The van der Waals surface area contributed by atoms with Crippen LogP contribution in [0.3, 0.4) is 0 Å². The van der Waals surface area contributed by atoms with Crippen LogP contribution in [0.5, 0.6) is 0 Å². The van der Waals surface area contributed by atoms with Gasteiger partial charge in [-0.2, -0.15) is 0 Å². The molecule has 0 bridgehead atoms. The van der Waals surface area contributed by atoms with Crippen LogP contribution in [0.1, 0.15) is 23.2 Å². The Kier molecular flexibility index (Phi) is 4.72. The molecular formula is C10H16N2S. The molecule has 0 fully saturated rings. The smallest absolute Gasteiger partial charge is 0.0925 e. The molecule has 0 saturated heterocycles. The Morgan fingerprint density at radius 1 is 1.69 bits per heavy atom. The monoisotopic (exact) mass is 196 g/mol. The highest BCUT2D eigenvalue weighted by atomic mass is 32.1. The molecule has 1 heterocycles. The quantitative estimate of drug-likeness (QED) is 0.558. The highest BCUT2D eigenvalue weighted by Crippen LogP contribution is 2.12. The molecule has 1 rings (SSSR count). The molecule has 0 spiro atoms. The van der Waals surface area contributed by atoms with E-state index in [4.69, 9.17) is 0 Å². The molecular weight excluding hydrogens is 180 g/mol. The maximum absolute atomic E-state index is 4.29. The molecule has 0 saturated carbocycles. The van der Waals surface area contributed by atoms with Gasteiger partial charge in [0.15, 0.2) is 0 Å². The van der Waals surface area contributed by atoms with Crippen LogP contribution in [0.15, 0.2) is 18.9 Å². The third kappa shape index (κ3) is 3.70. The number of nitrogens with zero attached hydrogens (tertiary/aromatic N) is 1. The van der Waals surface area contributed by atoms with Crippen LogP contribution in [0.25, 0.3) is 0 Å². The van der Waals surface area contributed by atoms with Crippen molar-refractivity contribution in [1.82, 2.24) is 10.3 Å². The third-order valence-electron chi connectivity index (χ3n) is 1.73. The summed E-state index contributed by atoms with van der Waals surface area (Å²) in [6.45, 7) is 7.74. The van der Waals surface area contributed by atoms with Crippen LogP contribution >= 0.6 is 11.3 Å². The van der Waals surface area contributed by atoms with Gasteiger partial charge in [-0.1, -0.05) is 13.0 Å². The van der Waals surface area contributed by atoms with Crippen molar-refractivity contribution in [2.45, 2.75) is 26.3 Å². The zero-order chi connectivity index (χ0) is 9.52. The molecule has 0 atom stereocenters. The van der Waals surface area contributed by atoms with Crippen molar-refractivity contribution in [3.8, 4) is 0 Å². The lowest BCUT2D eigenvalue weighted by Gasteiger charge is -1.98. The van der Waals surface area contributed by atoms with Crippen molar-refractivity contribution in [2.75, 3.05) is 6.54 Å². The first-order valence-corrected chi connectivity index (χ1v) is 5.43. The first-order chi connectivity index (χ1) is 6.36. The Morgan fingerprint density at radius 3 is 3.15 bits per heavy atom. The van der Waals surface area contributed by atoms with E-state index in [1.54, 1.807) is 11.3 Å². The van der Waals surface area contributed by atoms with Gasteiger partial charge in [-0.3, -0.25) is 0 Å². The van der Waals surface area contributed by atoms with E-state index in [0.717, 1.165) is 25.9 Å². The first-order valence-electron chi connectivity index (χ1n) is 4.62. The fraction of sp³-hybridized carbons (Fsp3) is 0.500. The van der Waals surface area contributed by atoms with Gasteiger partial charge >= 0.3 is 0 Å². The van der Waals surface area contributed by atoms with Gasteiger partial charge < -0.3 is 5.32 Å². The number of aromatic nitrogens is 1. The van der Waals surface area contributed by atoms with Gasteiger partial charge in [-0.05, 0) is 19.4 Å². The van der Waals surface area contributed by atoms with E-state index in [1.165, 1.54) is 9.88 Å². The zero-order valence-electron chi connectivity index (χ0n) is 8.05. The van der Waals surface area contributed by atoms with Crippen LogP contribution < -0.4 is 5.32 Å². The van der Waals surface area contributed by atoms with Gasteiger partial charge in [0.25, 0.3) is 0 Å². The normalized spacial score (nSPS) is 10.2. The van der Waals surface area contributed by atoms with Crippen LogP contribution in [-0.2, 0) is 13.0 Å². The summed E-state index contributed by atoms with van der Waals surface area (Å²) in [6.07, 6.45) is 5.96. The molecule has 1 aromatic rings.